The van der Waals surface area contributed by atoms with Crippen LogP contribution in [0.1, 0.15) is 24.5 Å². The second kappa shape index (κ2) is 9.32. The molecule has 0 amide bonds. The zero-order chi connectivity index (χ0) is 21.7. The molecule has 8 heteroatoms. The molecule has 156 valence electrons. The minimum atomic E-state index is -1.22. The number of rotatable bonds is 8. The first kappa shape index (κ1) is 21.2. The molecule has 0 saturated carbocycles. The predicted octanol–water partition coefficient (Wildman–Crippen LogP) is 4.08. The number of nitrogens with two attached hydrogens (primary N) is 1. The molecule has 1 atom stereocenters. The SMILES string of the molecule is CCC(Oc1nc(Oc2cc(C)cc(-c3cccc(CN)c3)c2)ncc1F)C(=O)O. The summed E-state index contributed by atoms with van der Waals surface area (Å²) < 4.78 is 24.8. The Morgan fingerprint density at radius 2 is 2.03 bits per heavy atom. The first-order valence-corrected chi connectivity index (χ1v) is 9.40. The van der Waals surface area contributed by atoms with Crippen molar-refractivity contribution in [2.24, 2.45) is 5.73 Å². The summed E-state index contributed by atoms with van der Waals surface area (Å²) in [4.78, 5) is 18.9. The van der Waals surface area contributed by atoms with Gasteiger partial charge in [-0.05, 0) is 53.8 Å². The Kier molecular flexibility index (Phi) is 6.58. The lowest BCUT2D eigenvalue weighted by Crippen LogP contribution is -2.26. The van der Waals surface area contributed by atoms with Gasteiger partial charge in [0.15, 0.2) is 6.10 Å². The Balaban J connectivity index is 1.88. The number of benzene rings is 2. The lowest BCUT2D eigenvalue weighted by atomic mass is 10.0. The highest BCUT2D eigenvalue weighted by Gasteiger charge is 2.21. The van der Waals surface area contributed by atoms with Crippen molar-refractivity contribution in [3.8, 4) is 28.8 Å². The average Bonchev–Trinajstić information content (AvgIpc) is 2.73. The second-order valence-corrected chi connectivity index (χ2v) is 6.70. The van der Waals surface area contributed by atoms with Gasteiger partial charge in [0.1, 0.15) is 5.75 Å². The zero-order valence-corrected chi connectivity index (χ0v) is 16.6. The molecule has 3 N–H and O–H groups in total. The fraction of sp³-hybridized carbons (Fsp3) is 0.227. The van der Waals surface area contributed by atoms with Crippen LogP contribution in [0.2, 0.25) is 0 Å². The summed E-state index contributed by atoms with van der Waals surface area (Å²) in [5.74, 6) is -2.10. The van der Waals surface area contributed by atoms with Crippen LogP contribution in [0.25, 0.3) is 11.1 Å². The van der Waals surface area contributed by atoms with E-state index >= 15 is 0 Å². The number of hydrogen-bond donors (Lipinski definition) is 2. The van der Waals surface area contributed by atoms with Gasteiger partial charge in [0.05, 0.1) is 6.20 Å². The molecule has 0 fully saturated rings. The number of aryl methyl sites for hydroxylation is 1. The highest BCUT2D eigenvalue weighted by Crippen LogP contribution is 2.29. The summed E-state index contributed by atoms with van der Waals surface area (Å²) >= 11 is 0. The molecule has 0 aliphatic heterocycles. The summed E-state index contributed by atoms with van der Waals surface area (Å²) in [6.07, 6.45) is -0.186. The molecule has 0 saturated heterocycles. The van der Waals surface area contributed by atoms with E-state index in [1.807, 2.05) is 43.3 Å². The van der Waals surface area contributed by atoms with Gasteiger partial charge >= 0.3 is 12.0 Å². The van der Waals surface area contributed by atoms with E-state index in [0.717, 1.165) is 28.5 Å². The molecule has 0 bridgehead atoms. The number of carbonyl (C=O) groups is 1. The number of ether oxygens (including phenoxy) is 2. The number of halogens is 1. The molecular formula is C22H22FN3O4. The van der Waals surface area contributed by atoms with E-state index in [1.54, 1.807) is 13.0 Å². The average molecular weight is 411 g/mol. The van der Waals surface area contributed by atoms with Gasteiger partial charge in [-0.2, -0.15) is 9.37 Å². The molecule has 3 rings (SSSR count). The second-order valence-electron chi connectivity index (χ2n) is 6.70. The van der Waals surface area contributed by atoms with Crippen LogP contribution in [0.15, 0.2) is 48.7 Å². The number of hydrogen-bond acceptors (Lipinski definition) is 6. The molecule has 1 aromatic heterocycles. The smallest absolute Gasteiger partial charge is 0.344 e. The predicted molar refractivity (Wildman–Crippen MR) is 109 cm³/mol. The van der Waals surface area contributed by atoms with E-state index in [0.29, 0.717) is 12.3 Å². The van der Waals surface area contributed by atoms with Crippen molar-refractivity contribution in [1.29, 1.82) is 0 Å². The van der Waals surface area contributed by atoms with Gasteiger partial charge in [0.2, 0.25) is 5.82 Å². The van der Waals surface area contributed by atoms with Crippen molar-refractivity contribution in [2.45, 2.75) is 32.9 Å². The molecule has 2 aromatic carbocycles. The lowest BCUT2D eigenvalue weighted by molar-refractivity contribution is -0.145. The summed E-state index contributed by atoms with van der Waals surface area (Å²) in [6, 6.07) is 13.3. The standard InChI is InChI=1S/C22H22FN3O4/c1-3-19(21(27)28)30-20-18(23)12-25-22(26-20)29-17-8-13(2)7-16(10-17)15-6-4-5-14(9-15)11-24/h4-10,12,19H,3,11,24H2,1-2H3,(H,27,28). The molecule has 0 spiro atoms. The van der Waals surface area contributed by atoms with E-state index in [-0.39, 0.29) is 12.4 Å². The molecule has 0 aliphatic carbocycles. The lowest BCUT2D eigenvalue weighted by Gasteiger charge is -2.13. The number of carboxylic acid groups (broad SMARTS) is 1. The highest BCUT2D eigenvalue weighted by molar-refractivity contribution is 5.72. The molecule has 7 nitrogen and oxygen atoms in total. The Morgan fingerprint density at radius 1 is 1.23 bits per heavy atom. The monoisotopic (exact) mass is 411 g/mol. The third kappa shape index (κ3) is 5.09. The molecule has 0 radical (unpaired) electrons. The van der Waals surface area contributed by atoms with E-state index in [9.17, 15) is 9.18 Å². The topological polar surface area (TPSA) is 108 Å². The van der Waals surface area contributed by atoms with E-state index < -0.39 is 23.8 Å². The summed E-state index contributed by atoms with van der Waals surface area (Å²) in [5.41, 5.74) is 9.56. The quantitative estimate of drug-likeness (QED) is 0.575. The number of carboxylic acids is 1. The van der Waals surface area contributed by atoms with Crippen molar-refractivity contribution in [3.05, 3.63) is 65.6 Å². The van der Waals surface area contributed by atoms with Crippen LogP contribution in [0.4, 0.5) is 4.39 Å². The van der Waals surface area contributed by atoms with Crippen molar-refractivity contribution < 1.29 is 23.8 Å². The van der Waals surface area contributed by atoms with Crippen molar-refractivity contribution >= 4 is 5.97 Å². The summed E-state index contributed by atoms with van der Waals surface area (Å²) in [5, 5.41) is 9.11. The van der Waals surface area contributed by atoms with E-state index in [4.69, 9.17) is 20.3 Å². The Morgan fingerprint density at radius 3 is 2.73 bits per heavy atom. The summed E-state index contributed by atoms with van der Waals surface area (Å²) in [7, 11) is 0. The minimum absolute atomic E-state index is 0.151. The largest absolute Gasteiger partial charge is 0.479 e. The van der Waals surface area contributed by atoms with E-state index in [1.165, 1.54) is 0 Å². The Hall–Kier alpha value is -3.52. The van der Waals surface area contributed by atoms with Gasteiger partial charge in [-0.3, -0.25) is 0 Å². The number of nitrogens with zero attached hydrogens (tertiary/aromatic N) is 2. The first-order chi connectivity index (χ1) is 14.4. The van der Waals surface area contributed by atoms with Gasteiger partial charge in [0, 0.05) is 6.54 Å². The molecule has 1 unspecified atom stereocenters. The fourth-order valence-corrected chi connectivity index (χ4v) is 2.87. The van der Waals surface area contributed by atoms with Crippen LogP contribution in [0.5, 0.6) is 17.6 Å². The highest BCUT2D eigenvalue weighted by atomic mass is 19.1. The van der Waals surface area contributed by atoms with Crippen molar-refractivity contribution in [3.63, 3.8) is 0 Å². The third-order valence-electron chi connectivity index (χ3n) is 4.35. The first-order valence-electron chi connectivity index (χ1n) is 9.40. The molecule has 30 heavy (non-hydrogen) atoms. The van der Waals surface area contributed by atoms with Gasteiger partial charge in [-0.25, -0.2) is 9.78 Å². The van der Waals surface area contributed by atoms with Gasteiger partial charge in [-0.1, -0.05) is 31.2 Å². The van der Waals surface area contributed by atoms with Gasteiger partial charge in [-0.15, -0.1) is 0 Å². The zero-order valence-electron chi connectivity index (χ0n) is 16.6. The van der Waals surface area contributed by atoms with Crippen LogP contribution < -0.4 is 15.2 Å². The Labute approximate surface area is 173 Å². The van der Waals surface area contributed by atoms with Crippen LogP contribution in [0.3, 0.4) is 0 Å². The normalized spacial score (nSPS) is 11.7. The number of aliphatic carboxylic acids is 1. The molecule has 3 aromatic rings. The molecular weight excluding hydrogens is 389 g/mol. The van der Waals surface area contributed by atoms with Crippen LogP contribution in [-0.4, -0.2) is 27.1 Å². The third-order valence-corrected chi connectivity index (χ3v) is 4.35. The summed E-state index contributed by atoms with van der Waals surface area (Å²) in [6.45, 7) is 3.97. The number of aromatic nitrogens is 2. The van der Waals surface area contributed by atoms with Crippen LogP contribution >= 0.6 is 0 Å². The Bertz CT molecular complexity index is 1060. The maximum atomic E-state index is 14.0. The molecule has 0 aliphatic rings. The van der Waals surface area contributed by atoms with Crippen molar-refractivity contribution in [2.75, 3.05) is 0 Å². The molecule has 1 heterocycles. The van der Waals surface area contributed by atoms with Crippen LogP contribution in [0, 0.1) is 12.7 Å². The van der Waals surface area contributed by atoms with Gasteiger partial charge < -0.3 is 20.3 Å². The maximum absolute atomic E-state index is 14.0. The fourth-order valence-electron chi connectivity index (χ4n) is 2.87. The minimum Gasteiger partial charge on any atom is -0.479 e. The maximum Gasteiger partial charge on any atom is 0.344 e. The van der Waals surface area contributed by atoms with Crippen LogP contribution in [-0.2, 0) is 11.3 Å². The van der Waals surface area contributed by atoms with Gasteiger partial charge in [0.25, 0.3) is 5.88 Å². The van der Waals surface area contributed by atoms with E-state index in [2.05, 4.69) is 9.97 Å². The van der Waals surface area contributed by atoms with Crippen molar-refractivity contribution in [1.82, 2.24) is 9.97 Å².